The van der Waals surface area contributed by atoms with Crippen LogP contribution in [-0.4, -0.2) is 29.0 Å². The van der Waals surface area contributed by atoms with Crippen LogP contribution < -0.4 is 10.6 Å². The summed E-state index contributed by atoms with van der Waals surface area (Å²) < 4.78 is 0. The quantitative estimate of drug-likeness (QED) is 0.884. The van der Waals surface area contributed by atoms with Crippen LogP contribution >= 0.6 is 0 Å². The summed E-state index contributed by atoms with van der Waals surface area (Å²) in [5, 5.41) is 6.25. The second-order valence-corrected chi connectivity index (χ2v) is 5.47. The molecule has 114 valence electrons. The first-order chi connectivity index (χ1) is 10.8. The van der Waals surface area contributed by atoms with Crippen LogP contribution in [-0.2, 0) is 6.42 Å². The number of benzene rings is 1. The Hall–Kier alpha value is -2.27. The summed E-state index contributed by atoms with van der Waals surface area (Å²) in [6.07, 6.45) is 6.32. The molecule has 1 aromatic carbocycles. The SMILES string of the molecule is O=C(NCCc1ccccc1)c1cnc([C@H]2CCCN2)cn1. The van der Waals surface area contributed by atoms with E-state index < -0.39 is 0 Å². The smallest absolute Gasteiger partial charge is 0.271 e. The summed E-state index contributed by atoms with van der Waals surface area (Å²) in [5.41, 5.74) is 2.49. The van der Waals surface area contributed by atoms with Crippen molar-refractivity contribution in [2.45, 2.75) is 25.3 Å². The van der Waals surface area contributed by atoms with Gasteiger partial charge in [0, 0.05) is 6.54 Å². The van der Waals surface area contributed by atoms with Gasteiger partial charge in [0.2, 0.25) is 0 Å². The monoisotopic (exact) mass is 296 g/mol. The number of aromatic nitrogens is 2. The number of amides is 1. The fraction of sp³-hybridized carbons (Fsp3) is 0.353. The first kappa shape index (κ1) is 14.7. The normalized spacial score (nSPS) is 17.4. The fourth-order valence-corrected chi connectivity index (χ4v) is 2.63. The molecular weight excluding hydrogens is 276 g/mol. The van der Waals surface area contributed by atoms with Gasteiger partial charge in [0.15, 0.2) is 0 Å². The zero-order chi connectivity index (χ0) is 15.2. The third-order valence-electron chi connectivity index (χ3n) is 3.86. The molecule has 0 unspecified atom stereocenters. The Labute approximate surface area is 130 Å². The highest BCUT2D eigenvalue weighted by Gasteiger charge is 2.18. The van der Waals surface area contributed by atoms with Gasteiger partial charge in [0.05, 0.1) is 24.1 Å². The lowest BCUT2D eigenvalue weighted by molar-refractivity contribution is 0.0948. The standard InChI is InChI=1S/C17H20N4O/c22-17(19-10-8-13-5-2-1-3-6-13)16-12-20-15(11-21-16)14-7-4-9-18-14/h1-3,5-6,11-12,14,18H,4,7-10H2,(H,19,22)/t14-/m1/s1. The van der Waals surface area contributed by atoms with E-state index in [0.29, 0.717) is 12.2 Å². The number of nitrogens with zero attached hydrogens (tertiary/aromatic N) is 2. The van der Waals surface area contributed by atoms with E-state index in [1.807, 2.05) is 18.2 Å². The van der Waals surface area contributed by atoms with Crippen molar-refractivity contribution in [1.82, 2.24) is 20.6 Å². The molecule has 1 aromatic heterocycles. The highest BCUT2D eigenvalue weighted by molar-refractivity contribution is 5.91. The molecular formula is C17H20N4O. The van der Waals surface area contributed by atoms with Gasteiger partial charge in [0.25, 0.3) is 5.91 Å². The van der Waals surface area contributed by atoms with Crippen molar-refractivity contribution in [3.8, 4) is 0 Å². The summed E-state index contributed by atoms with van der Waals surface area (Å²) in [6.45, 7) is 1.62. The van der Waals surface area contributed by atoms with E-state index in [1.165, 1.54) is 5.56 Å². The minimum Gasteiger partial charge on any atom is -0.350 e. The van der Waals surface area contributed by atoms with Gasteiger partial charge in [0.1, 0.15) is 5.69 Å². The van der Waals surface area contributed by atoms with Gasteiger partial charge in [-0.1, -0.05) is 30.3 Å². The van der Waals surface area contributed by atoms with Crippen LogP contribution in [0.2, 0.25) is 0 Å². The zero-order valence-electron chi connectivity index (χ0n) is 12.5. The van der Waals surface area contributed by atoms with Crippen molar-refractivity contribution >= 4 is 5.91 Å². The van der Waals surface area contributed by atoms with Crippen molar-refractivity contribution in [2.75, 3.05) is 13.1 Å². The van der Waals surface area contributed by atoms with Gasteiger partial charge in [-0.25, -0.2) is 4.98 Å². The molecule has 1 aliphatic rings. The van der Waals surface area contributed by atoms with Crippen LogP contribution in [0.3, 0.4) is 0 Å². The number of carbonyl (C=O) groups excluding carboxylic acids is 1. The van der Waals surface area contributed by atoms with Gasteiger partial charge in [-0.3, -0.25) is 9.78 Å². The number of hydrogen-bond acceptors (Lipinski definition) is 4. The third kappa shape index (κ3) is 3.68. The predicted molar refractivity (Wildman–Crippen MR) is 84.5 cm³/mol. The molecule has 1 aliphatic heterocycles. The van der Waals surface area contributed by atoms with Crippen LogP contribution in [0, 0.1) is 0 Å². The lowest BCUT2D eigenvalue weighted by Crippen LogP contribution is -2.27. The maximum atomic E-state index is 12.0. The molecule has 1 amide bonds. The van der Waals surface area contributed by atoms with E-state index in [9.17, 15) is 4.79 Å². The van der Waals surface area contributed by atoms with Crippen LogP contribution in [0.4, 0.5) is 0 Å². The lowest BCUT2D eigenvalue weighted by atomic mass is 10.1. The summed E-state index contributed by atoms with van der Waals surface area (Å²) in [6, 6.07) is 10.4. The molecule has 0 radical (unpaired) electrons. The Bertz CT molecular complexity index is 606. The number of rotatable bonds is 5. The van der Waals surface area contributed by atoms with Crippen LogP contribution in [0.15, 0.2) is 42.7 Å². The minimum absolute atomic E-state index is 0.172. The third-order valence-corrected chi connectivity index (χ3v) is 3.86. The molecule has 1 saturated heterocycles. The van der Waals surface area contributed by atoms with E-state index in [4.69, 9.17) is 0 Å². The van der Waals surface area contributed by atoms with Crippen molar-refractivity contribution in [2.24, 2.45) is 0 Å². The zero-order valence-corrected chi connectivity index (χ0v) is 12.5. The van der Waals surface area contributed by atoms with Crippen LogP contribution in [0.1, 0.15) is 40.6 Å². The van der Waals surface area contributed by atoms with Gasteiger partial charge in [-0.05, 0) is 31.4 Å². The molecule has 1 fully saturated rings. The molecule has 5 heteroatoms. The van der Waals surface area contributed by atoms with E-state index in [-0.39, 0.29) is 11.9 Å². The first-order valence-electron chi connectivity index (χ1n) is 7.70. The van der Waals surface area contributed by atoms with Gasteiger partial charge in [-0.15, -0.1) is 0 Å². The number of nitrogens with one attached hydrogen (secondary N) is 2. The summed E-state index contributed by atoms with van der Waals surface area (Å²) in [4.78, 5) is 20.6. The Morgan fingerprint density at radius 3 is 2.77 bits per heavy atom. The second kappa shape index (κ2) is 7.13. The van der Waals surface area contributed by atoms with E-state index >= 15 is 0 Å². The highest BCUT2D eigenvalue weighted by Crippen LogP contribution is 2.20. The van der Waals surface area contributed by atoms with E-state index in [1.54, 1.807) is 12.4 Å². The van der Waals surface area contributed by atoms with Gasteiger partial charge in [-0.2, -0.15) is 0 Å². The molecule has 2 N–H and O–H groups in total. The molecule has 0 saturated carbocycles. The lowest BCUT2D eigenvalue weighted by Gasteiger charge is -2.09. The molecule has 0 aliphatic carbocycles. The molecule has 22 heavy (non-hydrogen) atoms. The first-order valence-corrected chi connectivity index (χ1v) is 7.70. The average Bonchev–Trinajstić information content (AvgIpc) is 3.10. The minimum atomic E-state index is -0.172. The van der Waals surface area contributed by atoms with E-state index in [0.717, 1.165) is 31.5 Å². The Balaban J connectivity index is 1.51. The van der Waals surface area contributed by atoms with Crippen molar-refractivity contribution in [1.29, 1.82) is 0 Å². The molecule has 0 bridgehead atoms. The largest absolute Gasteiger partial charge is 0.350 e. The van der Waals surface area contributed by atoms with E-state index in [2.05, 4.69) is 32.7 Å². The Morgan fingerprint density at radius 2 is 2.09 bits per heavy atom. The second-order valence-electron chi connectivity index (χ2n) is 5.47. The molecule has 2 aromatic rings. The Kier molecular flexibility index (Phi) is 4.75. The highest BCUT2D eigenvalue weighted by atomic mass is 16.1. The summed E-state index contributed by atoms with van der Waals surface area (Å²) >= 11 is 0. The Morgan fingerprint density at radius 1 is 1.23 bits per heavy atom. The van der Waals surface area contributed by atoms with Crippen LogP contribution in [0.5, 0.6) is 0 Å². The number of hydrogen-bond donors (Lipinski definition) is 2. The van der Waals surface area contributed by atoms with Crippen molar-refractivity contribution < 1.29 is 4.79 Å². The maximum Gasteiger partial charge on any atom is 0.271 e. The molecule has 3 rings (SSSR count). The molecule has 0 spiro atoms. The summed E-state index contributed by atoms with van der Waals surface area (Å²) in [7, 11) is 0. The maximum absolute atomic E-state index is 12.0. The average molecular weight is 296 g/mol. The van der Waals surface area contributed by atoms with Crippen molar-refractivity contribution in [3.63, 3.8) is 0 Å². The topological polar surface area (TPSA) is 66.9 Å². The fourth-order valence-electron chi connectivity index (χ4n) is 2.63. The van der Waals surface area contributed by atoms with Gasteiger partial charge < -0.3 is 10.6 Å². The molecule has 1 atom stereocenters. The number of carbonyl (C=O) groups is 1. The predicted octanol–water partition coefficient (Wildman–Crippen LogP) is 1.87. The summed E-state index contributed by atoms with van der Waals surface area (Å²) in [5.74, 6) is -0.172. The van der Waals surface area contributed by atoms with Crippen LogP contribution in [0.25, 0.3) is 0 Å². The molecule has 2 heterocycles. The van der Waals surface area contributed by atoms with Crippen molar-refractivity contribution in [3.05, 3.63) is 59.7 Å². The van der Waals surface area contributed by atoms with Gasteiger partial charge >= 0.3 is 0 Å². The molecule has 5 nitrogen and oxygen atoms in total.